The van der Waals surface area contributed by atoms with Crippen molar-refractivity contribution in [1.29, 1.82) is 0 Å². The van der Waals surface area contributed by atoms with Gasteiger partial charge in [0.1, 0.15) is 11.5 Å². The van der Waals surface area contributed by atoms with E-state index in [9.17, 15) is 0 Å². The molecule has 0 spiro atoms. The molecule has 4 heteroatoms. The molecule has 4 rings (SSSR count). The van der Waals surface area contributed by atoms with Crippen LogP contribution in [0.25, 0.3) is 11.5 Å². The van der Waals surface area contributed by atoms with E-state index in [1.54, 1.807) is 6.92 Å². The Morgan fingerprint density at radius 3 is 1.76 bits per heavy atom. The van der Waals surface area contributed by atoms with Crippen molar-refractivity contribution in [3.05, 3.63) is 95.3 Å². The lowest BCUT2D eigenvalue weighted by Crippen LogP contribution is -2.18. The number of ether oxygens (including phenoxy) is 1. The molecular formula is C25H24N2O2. The van der Waals surface area contributed by atoms with Gasteiger partial charge in [0.05, 0.1) is 0 Å². The van der Waals surface area contributed by atoms with Crippen LogP contribution in [-0.2, 0) is 5.41 Å². The van der Waals surface area contributed by atoms with Crippen molar-refractivity contribution in [2.24, 2.45) is 0 Å². The van der Waals surface area contributed by atoms with Gasteiger partial charge < -0.3 is 9.26 Å². The molecule has 3 aromatic carbocycles. The number of aryl methyl sites for hydroxylation is 2. The molecule has 0 bridgehead atoms. The fourth-order valence-electron chi connectivity index (χ4n) is 3.29. The third-order valence-corrected chi connectivity index (χ3v) is 5.21. The summed E-state index contributed by atoms with van der Waals surface area (Å²) in [5.74, 6) is 2.69. The normalized spacial score (nSPS) is 11.4. The Morgan fingerprint density at radius 2 is 1.24 bits per heavy atom. The highest BCUT2D eigenvalue weighted by atomic mass is 16.5. The number of hydrogen-bond acceptors (Lipinski definition) is 4. The topological polar surface area (TPSA) is 48.2 Å². The molecule has 1 aromatic heterocycles. The van der Waals surface area contributed by atoms with E-state index in [1.165, 1.54) is 16.7 Å². The van der Waals surface area contributed by atoms with E-state index in [0.717, 1.165) is 17.1 Å². The van der Waals surface area contributed by atoms with E-state index in [2.05, 4.69) is 67.3 Å². The van der Waals surface area contributed by atoms with Crippen LogP contribution in [0.4, 0.5) is 0 Å². The minimum Gasteiger partial charge on any atom is -0.457 e. The summed E-state index contributed by atoms with van der Waals surface area (Å²) >= 11 is 0. The first-order valence-electron chi connectivity index (χ1n) is 9.68. The van der Waals surface area contributed by atoms with Gasteiger partial charge in [0.25, 0.3) is 5.89 Å². The molecule has 0 amide bonds. The maximum atomic E-state index is 6.00. The van der Waals surface area contributed by atoms with Crippen LogP contribution in [0.15, 0.2) is 77.3 Å². The summed E-state index contributed by atoms with van der Waals surface area (Å²) in [7, 11) is 0. The summed E-state index contributed by atoms with van der Waals surface area (Å²) in [5.41, 5.74) is 4.61. The highest BCUT2D eigenvalue weighted by molar-refractivity contribution is 5.54. The molecule has 29 heavy (non-hydrogen) atoms. The summed E-state index contributed by atoms with van der Waals surface area (Å²) < 4.78 is 11.2. The Labute approximate surface area is 171 Å². The largest absolute Gasteiger partial charge is 0.457 e. The molecule has 0 unspecified atom stereocenters. The minimum absolute atomic E-state index is 0.0733. The van der Waals surface area contributed by atoms with Gasteiger partial charge in [-0.15, -0.1) is 0 Å². The van der Waals surface area contributed by atoms with E-state index in [0.29, 0.717) is 11.7 Å². The zero-order chi connectivity index (χ0) is 20.4. The second kappa shape index (κ2) is 7.55. The van der Waals surface area contributed by atoms with E-state index in [-0.39, 0.29) is 5.41 Å². The highest BCUT2D eigenvalue weighted by Gasteiger charge is 2.22. The third-order valence-electron chi connectivity index (χ3n) is 5.21. The van der Waals surface area contributed by atoms with Crippen LogP contribution in [0, 0.1) is 13.8 Å². The lowest BCUT2D eigenvalue weighted by atomic mass is 9.78. The predicted octanol–water partition coefficient (Wildman–Crippen LogP) is 6.47. The first-order chi connectivity index (χ1) is 13.9. The van der Waals surface area contributed by atoms with Crippen molar-refractivity contribution < 1.29 is 9.26 Å². The van der Waals surface area contributed by atoms with E-state index in [4.69, 9.17) is 9.26 Å². The summed E-state index contributed by atoms with van der Waals surface area (Å²) in [4.78, 5) is 4.24. The molecule has 0 aliphatic carbocycles. The lowest BCUT2D eigenvalue weighted by Gasteiger charge is -2.26. The van der Waals surface area contributed by atoms with Crippen molar-refractivity contribution >= 4 is 0 Å². The Morgan fingerprint density at radius 1 is 0.724 bits per heavy atom. The Bertz CT molecular complexity index is 1090. The van der Waals surface area contributed by atoms with Crippen molar-refractivity contribution in [1.82, 2.24) is 10.1 Å². The highest BCUT2D eigenvalue weighted by Crippen LogP contribution is 2.33. The number of hydrogen-bond donors (Lipinski definition) is 0. The van der Waals surface area contributed by atoms with E-state index in [1.807, 2.05) is 36.4 Å². The molecule has 0 saturated heterocycles. The zero-order valence-corrected chi connectivity index (χ0v) is 17.1. The molecule has 4 aromatic rings. The SMILES string of the molecule is Cc1ccc(C(C)(C)c2ccc(Oc3ccc(-c4nc(C)no4)cc3)cc2)cc1. The summed E-state index contributed by atoms with van der Waals surface area (Å²) in [6.07, 6.45) is 0. The summed E-state index contributed by atoms with van der Waals surface area (Å²) in [6, 6.07) is 24.6. The standard InChI is InChI=1S/C25H24N2O2/c1-17-5-9-20(10-6-17)25(3,4)21-11-15-23(16-12-21)28-22-13-7-19(8-14-22)24-26-18(2)27-29-24/h5-16H,1-4H3. The van der Waals surface area contributed by atoms with Gasteiger partial charge in [0.15, 0.2) is 5.82 Å². The van der Waals surface area contributed by atoms with Gasteiger partial charge in [0, 0.05) is 11.0 Å². The number of aromatic nitrogens is 2. The maximum absolute atomic E-state index is 6.00. The maximum Gasteiger partial charge on any atom is 0.257 e. The van der Waals surface area contributed by atoms with Crippen LogP contribution >= 0.6 is 0 Å². The van der Waals surface area contributed by atoms with Gasteiger partial charge in [-0.3, -0.25) is 0 Å². The molecule has 0 N–H and O–H groups in total. The van der Waals surface area contributed by atoms with Crippen molar-refractivity contribution in [3.8, 4) is 23.0 Å². The van der Waals surface area contributed by atoms with Gasteiger partial charge >= 0.3 is 0 Å². The van der Waals surface area contributed by atoms with E-state index < -0.39 is 0 Å². The van der Waals surface area contributed by atoms with Crippen molar-refractivity contribution in [2.75, 3.05) is 0 Å². The number of rotatable bonds is 5. The lowest BCUT2D eigenvalue weighted by molar-refractivity contribution is 0.425. The minimum atomic E-state index is -0.0733. The number of nitrogens with zero attached hydrogens (tertiary/aromatic N) is 2. The molecular weight excluding hydrogens is 360 g/mol. The van der Waals surface area contributed by atoms with Crippen molar-refractivity contribution in [2.45, 2.75) is 33.1 Å². The molecule has 4 nitrogen and oxygen atoms in total. The summed E-state index contributed by atoms with van der Waals surface area (Å²) in [6.45, 7) is 8.39. The first kappa shape index (κ1) is 18.9. The second-order valence-corrected chi connectivity index (χ2v) is 7.79. The average molecular weight is 384 g/mol. The van der Waals surface area contributed by atoms with Crippen LogP contribution in [0.1, 0.15) is 36.4 Å². The number of benzene rings is 3. The van der Waals surface area contributed by atoms with Crippen LogP contribution in [-0.4, -0.2) is 10.1 Å². The van der Waals surface area contributed by atoms with Crippen LogP contribution in [0.3, 0.4) is 0 Å². The smallest absolute Gasteiger partial charge is 0.257 e. The Hall–Kier alpha value is -3.40. The third kappa shape index (κ3) is 4.06. The fourth-order valence-corrected chi connectivity index (χ4v) is 3.29. The first-order valence-corrected chi connectivity index (χ1v) is 9.68. The van der Waals surface area contributed by atoms with Gasteiger partial charge in [-0.2, -0.15) is 4.98 Å². The van der Waals surface area contributed by atoms with E-state index >= 15 is 0 Å². The molecule has 0 radical (unpaired) electrons. The quantitative estimate of drug-likeness (QED) is 0.395. The van der Waals surface area contributed by atoms with Crippen LogP contribution in [0.2, 0.25) is 0 Å². The molecule has 1 heterocycles. The van der Waals surface area contributed by atoms with Gasteiger partial charge in [-0.1, -0.05) is 61.0 Å². The molecule has 146 valence electrons. The molecule has 0 aliphatic rings. The van der Waals surface area contributed by atoms with Gasteiger partial charge in [0.2, 0.25) is 0 Å². The van der Waals surface area contributed by atoms with Crippen molar-refractivity contribution in [3.63, 3.8) is 0 Å². The second-order valence-electron chi connectivity index (χ2n) is 7.79. The Kier molecular flexibility index (Phi) is 4.93. The van der Waals surface area contributed by atoms with Gasteiger partial charge in [-0.05, 0) is 61.4 Å². The molecule has 0 saturated carbocycles. The predicted molar refractivity (Wildman–Crippen MR) is 114 cm³/mol. The molecule has 0 fully saturated rings. The monoisotopic (exact) mass is 384 g/mol. The van der Waals surface area contributed by atoms with Crippen LogP contribution in [0.5, 0.6) is 11.5 Å². The van der Waals surface area contributed by atoms with Crippen LogP contribution < -0.4 is 4.74 Å². The fraction of sp³-hybridized carbons (Fsp3) is 0.200. The Balaban J connectivity index is 1.48. The molecule has 0 aliphatic heterocycles. The summed E-state index contributed by atoms with van der Waals surface area (Å²) in [5, 5.41) is 3.82. The molecule has 0 atom stereocenters. The average Bonchev–Trinajstić information content (AvgIpc) is 3.16. The zero-order valence-electron chi connectivity index (χ0n) is 17.1. The van der Waals surface area contributed by atoms with Gasteiger partial charge in [-0.25, -0.2) is 0 Å².